The lowest BCUT2D eigenvalue weighted by molar-refractivity contribution is -0.190. The van der Waals surface area contributed by atoms with E-state index in [1.165, 1.54) is 0 Å². The molecule has 0 aromatic heterocycles. The summed E-state index contributed by atoms with van der Waals surface area (Å²) in [4.78, 5) is 12.9. The van der Waals surface area contributed by atoms with Crippen molar-refractivity contribution in [1.82, 2.24) is 0 Å². The molecule has 76 valence electrons. The van der Waals surface area contributed by atoms with Crippen LogP contribution in [-0.4, -0.2) is 5.97 Å². The fraction of sp³-hybridized carbons (Fsp3) is 0.125. The van der Waals surface area contributed by atoms with E-state index in [0.717, 1.165) is 0 Å². The second-order valence-electron chi connectivity index (χ2n) is 2.46. The molecule has 0 amide bonds. The van der Waals surface area contributed by atoms with Crippen LogP contribution in [0.15, 0.2) is 18.2 Å². The highest BCUT2D eigenvalue weighted by molar-refractivity contribution is 5.75. The fourth-order valence-corrected chi connectivity index (χ4v) is 0.897. The maximum absolute atomic E-state index is 12.8. The van der Waals surface area contributed by atoms with Crippen LogP contribution in [0.4, 0.5) is 17.7 Å². The standard InChI is InChI=1S/C8H4F4O2/c9-5-1-4(2-6(10)3-5)7(11)8(13)14-12/h1-3,7H. The summed E-state index contributed by atoms with van der Waals surface area (Å²) in [6, 6.07) is 1.65. The van der Waals surface area contributed by atoms with E-state index in [-0.39, 0.29) is 0 Å². The molecule has 1 unspecified atom stereocenters. The van der Waals surface area contributed by atoms with Gasteiger partial charge >= 0.3 is 5.97 Å². The predicted octanol–water partition coefficient (Wildman–Crippen LogP) is 2.40. The lowest BCUT2D eigenvalue weighted by atomic mass is 10.1. The largest absolute Gasteiger partial charge is 0.387 e. The number of carbonyl (C=O) groups is 1. The van der Waals surface area contributed by atoms with Crippen molar-refractivity contribution in [2.24, 2.45) is 0 Å². The van der Waals surface area contributed by atoms with Crippen molar-refractivity contribution in [3.63, 3.8) is 0 Å². The van der Waals surface area contributed by atoms with Crippen LogP contribution in [0.3, 0.4) is 0 Å². The Labute approximate surface area is 76.0 Å². The van der Waals surface area contributed by atoms with Crippen molar-refractivity contribution in [3.05, 3.63) is 35.4 Å². The summed E-state index contributed by atoms with van der Waals surface area (Å²) in [5, 5.41) is 0. The minimum atomic E-state index is -2.54. The summed E-state index contributed by atoms with van der Waals surface area (Å²) in [5.74, 6) is -3.97. The summed E-state index contributed by atoms with van der Waals surface area (Å²) in [6.45, 7) is 0. The van der Waals surface area contributed by atoms with E-state index in [4.69, 9.17) is 0 Å². The third-order valence-electron chi connectivity index (χ3n) is 1.46. The smallest absolute Gasteiger partial charge is 0.251 e. The second kappa shape index (κ2) is 4.08. The van der Waals surface area contributed by atoms with Gasteiger partial charge in [-0.3, -0.25) is 4.94 Å². The topological polar surface area (TPSA) is 26.3 Å². The molecule has 0 fully saturated rings. The van der Waals surface area contributed by atoms with Crippen LogP contribution in [-0.2, 0) is 9.74 Å². The van der Waals surface area contributed by atoms with Gasteiger partial charge in [0.05, 0.1) is 0 Å². The molecular weight excluding hydrogens is 204 g/mol. The van der Waals surface area contributed by atoms with E-state index in [9.17, 15) is 22.5 Å². The molecule has 1 aromatic rings. The minimum absolute atomic E-state index is 0.497. The average molecular weight is 208 g/mol. The van der Waals surface area contributed by atoms with Crippen molar-refractivity contribution in [1.29, 1.82) is 0 Å². The van der Waals surface area contributed by atoms with Crippen LogP contribution in [0, 0.1) is 11.6 Å². The maximum atomic E-state index is 12.8. The number of alkyl halides is 1. The molecule has 0 bridgehead atoms. The SMILES string of the molecule is O=C(OF)C(F)c1cc(F)cc(F)c1. The predicted molar refractivity (Wildman–Crippen MR) is 37.4 cm³/mol. The van der Waals surface area contributed by atoms with E-state index in [2.05, 4.69) is 4.94 Å². The average Bonchev–Trinajstić information content (AvgIpc) is 2.14. The highest BCUT2D eigenvalue weighted by Crippen LogP contribution is 2.21. The van der Waals surface area contributed by atoms with Gasteiger partial charge in [-0.2, -0.15) is 0 Å². The Balaban J connectivity index is 3.00. The molecule has 0 aliphatic rings. The van der Waals surface area contributed by atoms with Crippen molar-refractivity contribution in [2.45, 2.75) is 6.17 Å². The molecule has 1 atom stereocenters. The zero-order valence-corrected chi connectivity index (χ0v) is 6.64. The van der Waals surface area contributed by atoms with Gasteiger partial charge in [-0.15, -0.1) is 0 Å². The zero-order chi connectivity index (χ0) is 10.7. The Morgan fingerprint density at radius 1 is 1.21 bits per heavy atom. The van der Waals surface area contributed by atoms with Crippen LogP contribution >= 0.6 is 0 Å². The summed E-state index contributed by atoms with van der Waals surface area (Å²) in [7, 11) is 0. The molecule has 6 heteroatoms. The van der Waals surface area contributed by atoms with Crippen molar-refractivity contribution >= 4 is 5.97 Å². The van der Waals surface area contributed by atoms with Gasteiger partial charge in [0.25, 0.3) is 0 Å². The lowest BCUT2D eigenvalue weighted by Crippen LogP contribution is -2.08. The van der Waals surface area contributed by atoms with E-state index in [0.29, 0.717) is 18.2 Å². The first-order valence-electron chi connectivity index (χ1n) is 3.47. The Kier molecular flexibility index (Phi) is 3.06. The molecular formula is C8H4F4O2. The summed E-state index contributed by atoms with van der Waals surface area (Å²) < 4.78 is 49.1. The summed E-state index contributed by atoms with van der Waals surface area (Å²) in [6.07, 6.45) is -2.54. The van der Waals surface area contributed by atoms with E-state index in [1.54, 1.807) is 0 Å². The first kappa shape index (κ1) is 10.5. The van der Waals surface area contributed by atoms with Gasteiger partial charge in [0.15, 0.2) is 0 Å². The van der Waals surface area contributed by atoms with Crippen molar-refractivity contribution in [2.75, 3.05) is 0 Å². The lowest BCUT2D eigenvalue weighted by Gasteiger charge is -2.03. The molecule has 1 aromatic carbocycles. The van der Waals surface area contributed by atoms with Gasteiger partial charge in [-0.05, 0) is 12.1 Å². The van der Waals surface area contributed by atoms with E-state index >= 15 is 0 Å². The molecule has 0 aliphatic heterocycles. The van der Waals surface area contributed by atoms with Crippen LogP contribution in [0.25, 0.3) is 0 Å². The number of benzene rings is 1. The summed E-state index contributed by atoms with van der Waals surface area (Å²) in [5.41, 5.74) is -0.634. The normalized spacial score (nSPS) is 12.3. The Morgan fingerprint density at radius 3 is 2.14 bits per heavy atom. The van der Waals surface area contributed by atoms with Gasteiger partial charge in [-0.1, -0.05) is 0 Å². The van der Waals surface area contributed by atoms with Crippen molar-refractivity contribution < 1.29 is 27.4 Å². The van der Waals surface area contributed by atoms with Gasteiger partial charge in [0.1, 0.15) is 11.6 Å². The molecule has 0 N–H and O–H groups in total. The van der Waals surface area contributed by atoms with Gasteiger partial charge < -0.3 is 0 Å². The number of carbonyl (C=O) groups excluding carboxylic acids is 1. The molecule has 0 aliphatic carbocycles. The number of hydrogen-bond acceptors (Lipinski definition) is 2. The van der Waals surface area contributed by atoms with Gasteiger partial charge in [0.2, 0.25) is 6.17 Å². The molecule has 14 heavy (non-hydrogen) atoms. The van der Waals surface area contributed by atoms with Crippen LogP contribution in [0.5, 0.6) is 0 Å². The van der Waals surface area contributed by atoms with Crippen LogP contribution in [0.2, 0.25) is 0 Å². The third kappa shape index (κ3) is 2.21. The van der Waals surface area contributed by atoms with Gasteiger partial charge in [0, 0.05) is 16.2 Å². The second-order valence-corrected chi connectivity index (χ2v) is 2.46. The first-order chi connectivity index (χ1) is 6.54. The highest BCUT2D eigenvalue weighted by Gasteiger charge is 2.23. The van der Waals surface area contributed by atoms with Crippen LogP contribution < -0.4 is 0 Å². The third-order valence-corrected chi connectivity index (χ3v) is 1.46. The van der Waals surface area contributed by atoms with E-state index < -0.39 is 29.3 Å². The van der Waals surface area contributed by atoms with Crippen molar-refractivity contribution in [3.8, 4) is 0 Å². The first-order valence-corrected chi connectivity index (χ1v) is 3.47. The molecule has 0 radical (unpaired) electrons. The highest BCUT2D eigenvalue weighted by atomic mass is 19.3. The molecule has 0 spiro atoms. The quantitative estimate of drug-likeness (QED) is 0.697. The molecule has 0 heterocycles. The monoisotopic (exact) mass is 208 g/mol. The van der Waals surface area contributed by atoms with Gasteiger partial charge in [-0.25, -0.2) is 18.0 Å². The minimum Gasteiger partial charge on any atom is -0.251 e. The molecule has 0 saturated heterocycles. The Bertz CT molecular complexity index is 333. The van der Waals surface area contributed by atoms with Crippen LogP contribution in [0.1, 0.15) is 11.7 Å². The number of hydrogen-bond donors (Lipinski definition) is 0. The summed E-state index contributed by atoms with van der Waals surface area (Å²) >= 11 is 0. The zero-order valence-electron chi connectivity index (χ0n) is 6.64. The number of rotatable bonds is 2. The molecule has 0 saturated carbocycles. The Morgan fingerprint density at radius 2 is 1.71 bits per heavy atom. The fourth-order valence-electron chi connectivity index (χ4n) is 0.897. The molecule has 2 nitrogen and oxygen atoms in total. The molecule has 1 rings (SSSR count). The Hall–Kier alpha value is -1.59. The maximum Gasteiger partial charge on any atom is 0.387 e. The van der Waals surface area contributed by atoms with E-state index in [1.807, 2.05) is 0 Å². The number of halogens is 4.